The third kappa shape index (κ3) is 5.51. The maximum Gasteiger partial charge on any atom is 0.338 e. The van der Waals surface area contributed by atoms with E-state index in [1.807, 2.05) is 0 Å². The highest BCUT2D eigenvalue weighted by atomic mass is 35.5. The monoisotopic (exact) mass is 431 g/mol. The van der Waals surface area contributed by atoms with E-state index >= 15 is 0 Å². The Bertz CT molecular complexity index is 841. The predicted octanol–water partition coefficient (Wildman–Crippen LogP) is 2.04. The minimum atomic E-state index is -0.609. The Labute approximate surface area is 181 Å². The predicted molar refractivity (Wildman–Crippen MR) is 113 cm³/mol. The molecule has 1 fully saturated rings. The summed E-state index contributed by atoms with van der Waals surface area (Å²) < 4.78 is 5.30. The van der Waals surface area contributed by atoms with Crippen LogP contribution in [0.25, 0.3) is 0 Å². The van der Waals surface area contributed by atoms with Crippen LogP contribution >= 0.6 is 11.6 Å². The van der Waals surface area contributed by atoms with Crippen molar-refractivity contribution in [3.63, 3.8) is 0 Å². The number of carbonyl (C=O) groups excluding carboxylic acids is 2. The normalized spacial score (nSPS) is 20.3. The number of urea groups is 1. The first kappa shape index (κ1) is 22.1. The van der Waals surface area contributed by atoms with E-state index < -0.39 is 12.0 Å². The molecule has 8 nitrogen and oxygen atoms in total. The summed E-state index contributed by atoms with van der Waals surface area (Å²) in [5, 5.41) is 15.0. The van der Waals surface area contributed by atoms with Crippen LogP contribution < -0.4 is 10.6 Å². The van der Waals surface area contributed by atoms with Crippen LogP contribution in [0.2, 0.25) is 5.02 Å². The zero-order chi connectivity index (χ0) is 21.5. The van der Waals surface area contributed by atoms with Crippen LogP contribution in [0.15, 0.2) is 35.5 Å². The molecule has 2 aliphatic rings. The molecule has 2 aliphatic heterocycles. The van der Waals surface area contributed by atoms with Crippen LogP contribution in [0.4, 0.5) is 4.79 Å². The second-order valence-corrected chi connectivity index (χ2v) is 7.66. The number of nitriles is 1. The maximum absolute atomic E-state index is 12.8. The van der Waals surface area contributed by atoms with E-state index in [9.17, 15) is 9.59 Å². The summed E-state index contributed by atoms with van der Waals surface area (Å²) in [6.07, 6.45) is 0.517. The van der Waals surface area contributed by atoms with Crippen molar-refractivity contribution in [2.45, 2.75) is 19.4 Å². The fourth-order valence-electron chi connectivity index (χ4n) is 3.70. The number of hydrogen-bond donors (Lipinski definition) is 2. The molecule has 1 aromatic rings. The van der Waals surface area contributed by atoms with Crippen LogP contribution in [0.5, 0.6) is 0 Å². The third-order valence-corrected chi connectivity index (χ3v) is 5.49. The molecule has 1 aromatic carbocycles. The average molecular weight is 432 g/mol. The van der Waals surface area contributed by atoms with E-state index in [-0.39, 0.29) is 12.6 Å². The molecule has 3 rings (SSSR count). The quantitative estimate of drug-likeness (QED) is 0.641. The van der Waals surface area contributed by atoms with E-state index in [1.165, 1.54) is 0 Å². The summed E-state index contributed by atoms with van der Waals surface area (Å²) in [5.74, 6) is -0.451. The van der Waals surface area contributed by atoms with Crippen molar-refractivity contribution in [1.29, 1.82) is 5.26 Å². The van der Waals surface area contributed by atoms with Crippen LogP contribution in [0.1, 0.15) is 24.9 Å². The second kappa shape index (κ2) is 10.4. The molecule has 0 aromatic heterocycles. The Kier molecular flexibility index (Phi) is 7.69. The third-order valence-electron chi connectivity index (χ3n) is 5.24. The fourth-order valence-corrected chi connectivity index (χ4v) is 3.83. The van der Waals surface area contributed by atoms with Crippen LogP contribution in [-0.2, 0) is 9.53 Å². The van der Waals surface area contributed by atoms with E-state index in [0.717, 1.165) is 38.3 Å². The van der Waals surface area contributed by atoms with Gasteiger partial charge in [-0.05, 0) is 24.6 Å². The van der Waals surface area contributed by atoms with Gasteiger partial charge in [-0.15, -0.1) is 0 Å². The van der Waals surface area contributed by atoms with Crippen molar-refractivity contribution in [2.75, 3.05) is 45.9 Å². The van der Waals surface area contributed by atoms with Gasteiger partial charge in [0, 0.05) is 56.4 Å². The maximum atomic E-state index is 12.8. The SMILES string of the molecule is CCOC(=O)C1=C(CN2CCN(CCC#N)CC2)NC(=O)N[C@@H]1c1ccc(Cl)cc1. The first-order valence-corrected chi connectivity index (χ1v) is 10.4. The smallest absolute Gasteiger partial charge is 0.338 e. The molecule has 0 saturated carbocycles. The molecule has 0 spiro atoms. The molecule has 2 heterocycles. The topological polar surface area (TPSA) is 97.7 Å². The first-order valence-electron chi connectivity index (χ1n) is 10.1. The Hall–Kier alpha value is -2.60. The minimum absolute atomic E-state index is 0.245. The van der Waals surface area contributed by atoms with Crippen LogP contribution in [-0.4, -0.2) is 67.7 Å². The van der Waals surface area contributed by atoms with Crippen LogP contribution in [0.3, 0.4) is 0 Å². The minimum Gasteiger partial charge on any atom is -0.463 e. The molecule has 30 heavy (non-hydrogen) atoms. The van der Waals surface area contributed by atoms with Crippen molar-refractivity contribution >= 4 is 23.6 Å². The van der Waals surface area contributed by atoms with Crippen molar-refractivity contribution < 1.29 is 14.3 Å². The van der Waals surface area contributed by atoms with Gasteiger partial charge < -0.3 is 15.4 Å². The van der Waals surface area contributed by atoms with Gasteiger partial charge in [-0.1, -0.05) is 23.7 Å². The lowest BCUT2D eigenvalue weighted by Crippen LogP contribution is -2.51. The van der Waals surface area contributed by atoms with Gasteiger partial charge in [-0.2, -0.15) is 5.26 Å². The second-order valence-electron chi connectivity index (χ2n) is 7.22. The summed E-state index contributed by atoms with van der Waals surface area (Å²) in [6, 6.07) is 8.26. The van der Waals surface area contributed by atoms with E-state index in [0.29, 0.717) is 29.3 Å². The zero-order valence-corrected chi connectivity index (χ0v) is 17.7. The number of esters is 1. The van der Waals surface area contributed by atoms with E-state index in [2.05, 4.69) is 26.5 Å². The van der Waals surface area contributed by atoms with Crippen molar-refractivity contribution in [2.24, 2.45) is 0 Å². The Morgan fingerprint density at radius 3 is 2.53 bits per heavy atom. The zero-order valence-electron chi connectivity index (χ0n) is 17.0. The lowest BCUT2D eigenvalue weighted by molar-refractivity contribution is -0.139. The number of piperazine rings is 1. The summed E-state index contributed by atoms with van der Waals surface area (Å²) in [7, 11) is 0. The summed E-state index contributed by atoms with van der Waals surface area (Å²) >= 11 is 6.00. The number of nitrogens with one attached hydrogen (secondary N) is 2. The van der Waals surface area contributed by atoms with Crippen molar-refractivity contribution in [3.05, 3.63) is 46.1 Å². The summed E-state index contributed by atoms with van der Waals surface area (Å²) in [4.78, 5) is 29.6. The molecule has 2 N–H and O–H groups in total. The molecule has 0 radical (unpaired) electrons. The number of ether oxygens (including phenoxy) is 1. The summed E-state index contributed by atoms with van der Waals surface area (Å²) in [6.45, 7) is 6.48. The molecule has 1 saturated heterocycles. The Morgan fingerprint density at radius 1 is 1.23 bits per heavy atom. The number of halogens is 1. The van der Waals surface area contributed by atoms with E-state index in [4.69, 9.17) is 21.6 Å². The average Bonchev–Trinajstić information content (AvgIpc) is 2.73. The van der Waals surface area contributed by atoms with Gasteiger partial charge in [0.1, 0.15) is 0 Å². The molecule has 1 atom stereocenters. The largest absolute Gasteiger partial charge is 0.463 e. The molecule has 9 heteroatoms. The van der Waals surface area contributed by atoms with Gasteiger partial charge >= 0.3 is 12.0 Å². The summed E-state index contributed by atoms with van der Waals surface area (Å²) in [5.41, 5.74) is 1.73. The molecular weight excluding hydrogens is 406 g/mol. The molecule has 0 bridgehead atoms. The standard InChI is InChI=1S/C21H26ClN5O3/c1-2-30-20(28)18-17(14-27-12-10-26(11-13-27)9-3-8-23)24-21(29)25-19(18)15-4-6-16(22)7-5-15/h4-7,19H,2-3,9-14H2,1H3,(H2,24,25,29)/t19-/m1/s1. The number of nitrogens with zero attached hydrogens (tertiary/aromatic N) is 3. The van der Waals surface area contributed by atoms with Gasteiger partial charge in [0.05, 0.1) is 24.3 Å². The van der Waals surface area contributed by atoms with Gasteiger partial charge in [0.15, 0.2) is 0 Å². The van der Waals surface area contributed by atoms with Gasteiger partial charge in [0.25, 0.3) is 0 Å². The molecule has 0 unspecified atom stereocenters. The highest BCUT2D eigenvalue weighted by Crippen LogP contribution is 2.29. The first-order chi connectivity index (χ1) is 14.5. The Morgan fingerprint density at radius 2 is 1.90 bits per heavy atom. The molecular formula is C21H26ClN5O3. The van der Waals surface area contributed by atoms with Crippen LogP contribution in [0, 0.1) is 11.3 Å². The number of benzene rings is 1. The molecule has 0 aliphatic carbocycles. The van der Waals surface area contributed by atoms with Gasteiger partial charge in [0.2, 0.25) is 0 Å². The van der Waals surface area contributed by atoms with E-state index in [1.54, 1.807) is 31.2 Å². The number of hydrogen-bond acceptors (Lipinski definition) is 6. The number of amides is 2. The lowest BCUT2D eigenvalue weighted by atomic mass is 9.95. The lowest BCUT2D eigenvalue weighted by Gasteiger charge is -2.36. The molecule has 2 amide bonds. The Balaban J connectivity index is 1.83. The molecule has 160 valence electrons. The highest BCUT2D eigenvalue weighted by molar-refractivity contribution is 6.30. The highest BCUT2D eigenvalue weighted by Gasteiger charge is 2.34. The van der Waals surface area contributed by atoms with Gasteiger partial charge in [-0.3, -0.25) is 9.80 Å². The number of rotatable bonds is 7. The number of carbonyl (C=O) groups is 2. The van der Waals surface area contributed by atoms with Gasteiger partial charge in [-0.25, -0.2) is 9.59 Å². The fraction of sp³-hybridized carbons (Fsp3) is 0.476. The van der Waals surface area contributed by atoms with Crippen molar-refractivity contribution in [3.8, 4) is 6.07 Å². The van der Waals surface area contributed by atoms with Crippen molar-refractivity contribution in [1.82, 2.24) is 20.4 Å².